The van der Waals surface area contributed by atoms with Gasteiger partial charge in [0.2, 0.25) is 0 Å². The summed E-state index contributed by atoms with van der Waals surface area (Å²) in [6.07, 6.45) is -3.32. The quantitative estimate of drug-likeness (QED) is 0.441. The van der Waals surface area contributed by atoms with Crippen LogP contribution in [0.25, 0.3) is 5.69 Å². The van der Waals surface area contributed by atoms with Gasteiger partial charge in [-0.3, -0.25) is 9.36 Å². The molecule has 0 radical (unpaired) electrons. The summed E-state index contributed by atoms with van der Waals surface area (Å²) in [4.78, 5) is 17.1. The van der Waals surface area contributed by atoms with Gasteiger partial charge in [0, 0.05) is 12.5 Å². The summed E-state index contributed by atoms with van der Waals surface area (Å²) in [7, 11) is 0. The zero-order valence-electron chi connectivity index (χ0n) is 21.6. The molecular weight excluding hydrogens is 511 g/mol. The number of aliphatic hydroxyl groups is 1. The number of ether oxygens (including phenoxy) is 1. The largest absolute Gasteiger partial charge is 0.433 e. The predicted molar refractivity (Wildman–Crippen MR) is 128 cm³/mol. The molecule has 2 aromatic rings. The average molecular weight is 543 g/mol. The second-order valence-electron chi connectivity index (χ2n) is 10.5. The number of carbonyl (C=O) groups is 1. The van der Waals surface area contributed by atoms with Crippen molar-refractivity contribution in [2.45, 2.75) is 72.3 Å². The Morgan fingerprint density at radius 2 is 2.00 bits per heavy atom. The Labute approximate surface area is 217 Å². The minimum atomic E-state index is -4.53. The van der Waals surface area contributed by atoms with Crippen LogP contribution in [-0.2, 0) is 6.42 Å². The smallest absolute Gasteiger partial charge is 0.394 e. The van der Waals surface area contributed by atoms with Gasteiger partial charge >= 0.3 is 12.8 Å². The molecule has 208 valence electrons. The molecule has 1 fully saturated rings. The molecule has 3 rings (SSSR count). The Morgan fingerprint density at radius 1 is 1.32 bits per heavy atom. The molecule has 1 amide bonds. The zero-order chi connectivity index (χ0) is 28.4. The Morgan fingerprint density at radius 3 is 2.58 bits per heavy atom. The molecule has 2 N–H and O–H groups in total. The first-order valence-electron chi connectivity index (χ1n) is 12.2. The number of hydrogen-bond donors (Lipinski definition) is 2. The molecule has 1 aromatic carbocycles. The molecule has 0 bridgehead atoms. The van der Waals surface area contributed by atoms with Crippen LogP contribution in [0.2, 0.25) is 0 Å². The number of nitriles is 1. The Bertz CT molecular complexity index is 1200. The number of aliphatic hydroxyl groups excluding tert-OH is 1. The summed E-state index contributed by atoms with van der Waals surface area (Å²) in [6, 6.07) is 5.53. The van der Waals surface area contributed by atoms with Crippen LogP contribution in [0.15, 0.2) is 18.2 Å². The van der Waals surface area contributed by atoms with E-state index in [4.69, 9.17) is 0 Å². The number of imidazole rings is 1. The lowest BCUT2D eigenvalue weighted by atomic mass is 9.81. The first-order valence-corrected chi connectivity index (χ1v) is 12.2. The molecule has 12 heteroatoms. The number of halogens is 5. The summed E-state index contributed by atoms with van der Waals surface area (Å²) >= 11 is 0. The van der Waals surface area contributed by atoms with Crippen LogP contribution in [0.5, 0.6) is 5.75 Å². The summed E-state index contributed by atoms with van der Waals surface area (Å²) in [5, 5.41) is 22.8. The summed E-state index contributed by atoms with van der Waals surface area (Å²) < 4.78 is 72.4. The van der Waals surface area contributed by atoms with E-state index in [1.807, 2.05) is 13.0 Å². The van der Waals surface area contributed by atoms with Gasteiger partial charge in [0.05, 0.1) is 17.2 Å². The van der Waals surface area contributed by atoms with Gasteiger partial charge in [0.25, 0.3) is 5.91 Å². The van der Waals surface area contributed by atoms with Gasteiger partial charge in [0.15, 0.2) is 11.4 Å². The predicted octanol–water partition coefficient (Wildman–Crippen LogP) is 5.31. The van der Waals surface area contributed by atoms with Crippen molar-refractivity contribution in [1.29, 1.82) is 5.26 Å². The molecular formula is C26H31F5N4O3. The maximum atomic E-state index is 13.4. The lowest BCUT2D eigenvalue weighted by Gasteiger charge is -2.31. The highest BCUT2D eigenvalue weighted by molar-refractivity contribution is 5.94. The first-order chi connectivity index (χ1) is 17.6. The van der Waals surface area contributed by atoms with Crippen LogP contribution in [-0.4, -0.2) is 46.0 Å². The average Bonchev–Trinajstić information content (AvgIpc) is 3.13. The molecule has 1 heterocycles. The van der Waals surface area contributed by atoms with E-state index >= 15 is 0 Å². The number of hydrogen-bond acceptors (Lipinski definition) is 5. The fourth-order valence-electron chi connectivity index (χ4n) is 4.70. The Kier molecular flexibility index (Phi) is 8.71. The van der Waals surface area contributed by atoms with Gasteiger partial charge < -0.3 is 15.2 Å². The number of rotatable bonds is 8. The molecule has 0 unspecified atom stereocenters. The van der Waals surface area contributed by atoms with E-state index in [9.17, 15) is 37.1 Å². The normalized spacial score (nSPS) is 20.3. The third-order valence-corrected chi connectivity index (χ3v) is 7.00. The van der Waals surface area contributed by atoms with E-state index < -0.39 is 42.4 Å². The van der Waals surface area contributed by atoms with Crippen LogP contribution in [0.3, 0.4) is 0 Å². The second-order valence-corrected chi connectivity index (χ2v) is 10.5. The lowest BCUT2D eigenvalue weighted by molar-refractivity contribution is -0.211. The first kappa shape index (κ1) is 29.4. The second kappa shape index (κ2) is 11.3. The summed E-state index contributed by atoms with van der Waals surface area (Å²) in [5.74, 6) is -0.784. The number of aryl methyl sites for hydroxylation is 1. The minimum absolute atomic E-state index is 0.0730. The van der Waals surface area contributed by atoms with Crippen LogP contribution >= 0.6 is 0 Å². The van der Waals surface area contributed by atoms with Crippen molar-refractivity contribution < 1.29 is 36.6 Å². The molecule has 1 aliphatic carbocycles. The number of benzene rings is 1. The maximum absolute atomic E-state index is 13.4. The molecule has 1 aromatic heterocycles. The van der Waals surface area contributed by atoms with Crippen molar-refractivity contribution in [2.24, 2.45) is 17.3 Å². The highest BCUT2D eigenvalue weighted by Gasteiger charge is 2.47. The highest BCUT2D eigenvalue weighted by atomic mass is 19.4. The number of aromatic nitrogens is 2. The third kappa shape index (κ3) is 6.43. The molecule has 3 atom stereocenters. The van der Waals surface area contributed by atoms with Crippen molar-refractivity contribution in [3.05, 3.63) is 41.0 Å². The van der Waals surface area contributed by atoms with Crippen molar-refractivity contribution in [2.75, 3.05) is 6.54 Å². The standard InChI is InChI=1S/C26H31F5N4O3/c1-14-5-7-17(20(36)9-14)13-33-23(37)22-19(12-32)35(15(2)34-22)18-8-6-16(10-21(18)38-24(27)28)11-25(3,4)26(29,30)31/h6,8,10,14,17,20,24,36H,5,7,9,11,13H2,1-4H3,(H,33,37)/t14-,17+,20-/m0/s1. The minimum Gasteiger partial charge on any atom is -0.433 e. The van der Waals surface area contributed by atoms with Crippen molar-refractivity contribution >= 4 is 5.91 Å². The number of nitrogens with one attached hydrogen (secondary N) is 1. The molecule has 0 saturated heterocycles. The summed E-state index contributed by atoms with van der Waals surface area (Å²) in [5.41, 5.74) is -2.60. The van der Waals surface area contributed by atoms with E-state index in [1.54, 1.807) is 0 Å². The van der Waals surface area contributed by atoms with Crippen LogP contribution < -0.4 is 10.1 Å². The molecule has 1 saturated carbocycles. The van der Waals surface area contributed by atoms with Gasteiger partial charge in [-0.2, -0.15) is 27.2 Å². The SMILES string of the molecule is Cc1nc(C(=O)NC[C@H]2CC[C@H](C)C[C@@H]2O)c(C#N)n1-c1ccc(CC(C)(C)C(F)(F)F)cc1OC(F)F. The monoisotopic (exact) mass is 542 g/mol. The third-order valence-electron chi connectivity index (χ3n) is 7.00. The Balaban J connectivity index is 1.93. The van der Waals surface area contributed by atoms with Gasteiger partial charge in [-0.1, -0.05) is 33.3 Å². The molecule has 0 spiro atoms. The molecule has 0 aliphatic heterocycles. The van der Waals surface area contributed by atoms with Crippen LogP contribution in [0, 0.1) is 35.5 Å². The highest BCUT2D eigenvalue weighted by Crippen LogP contribution is 2.41. The van der Waals surface area contributed by atoms with Gasteiger partial charge in [-0.05, 0) is 49.8 Å². The van der Waals surface area contributed by atoms with E-state index in [-0.39, 0.29) is 40.9 Å². The Hall–Kier alpha value is -3.20. The number of alkyl halides is 5. The number of carbonyl (C=O) groups excluding carboxylic acids is 1. The van der Waals surface area contributed by atoms with E-state index in [0.29, 0.717) is 12.3 Å². The molecule has 1 aliphatic rings. The number of amides is 1. The van der Waals surface area contributed by atoms with E-state index in [2.05, 4.69) is 15.0 Å². The van der Waals surface area contributed by atoms with Crippen LogP contribution in [0.4, 0.5) is 22.0 Å². The fourth-order valence-corrected chi connectivity index (χ4v) is 4.70. The maximum Gasteiger partial charge on any atom is 0.394 e. The van der Waals surface area contributed by atoms with Crippen molar-refractivity contribution in [3.63, 3.8) is 0 Å². The van der Waals surface area contributed by atoms with E-state index in [1.165, 1.54) is 19.1 Å². The van der Waals surface area contributed by atoms with Crippen molar-refractivity contribution in [3.8, 4) is 17.5 Å². The van der Waals surface area contributed by atoms with E-state index in [0.717, 1.165) is 37.3 Å². The molecule has 7 nitrogen and oxygen atoms in total. The van der Waals surface area contributed by atoms with Crippen LogP contribution in [0.1, 0.15) is 67.6 Å². The fraction of sp³-hybridized carbons (Fsp3) is 0.577. The number of nitrogens with zero attached hydrogens (tertiary/aromatic N) is 3. The van der Waals surface area contributed by atoms with Crippen molar-refractivity contribution in [1.82, 2.24) is 14.9 Å². The summed E-state index contributed by atoms with van der Waals surface area (Å²) in [6.45, 7) is 2.38. The molecule has 38 heavy (non-hydrogen) atoms. The van der Waals surface area contributed by atoms with Gasteiger partial charge in [-0.25, -0.2) is 4.98 Å². The lowest BCUT2D eigenvalue weighted by Crippen LogP contribution is -2.38. The topological polar surface area (TPSA) is 100 Å². The van der Waals surface area contributed by atoms with Gasteiger partial charge in [0.1, 0.15) is 17.6 Å². The zero-order valence-corrected chi connectivity index (χ0v) is 21.6. The van der Waals surface area contributed by atoms with Gasteiger partial charge in [-0.15, -0.1) is 0 Å².